The molecule has 0 spiro atoms. The maximum Gasteiger partial charge on any atom is 0.416 e. The molecule has 18 nitrogen and oxygen atoms in total. The zero-order valence-electron chi connectivity index (χ0n) is 125. The van der Waals surface area contributed by atoms with Crippen molar-refractivity contribution in [2.45, 2.75) is 197 Å². The largest absolute Gasteiger partial charge is 0.416 e. The van der Waals surface area contributed by atoms with Crippen molar-refractivity contribution in [3.05, 3.63) is 350 Å². The van der Waals surface area contributed by atoms with Crippen LogP contribution < -0.4 is 16.7 Å². The van der Waals surface area contributed by atoms with Gasteiger partial charge in [0.1, 0.15) is 36.9 Å². The molecule has 0 bridgehead atoms. The van der Waals surface area contributed by atoms with E-state index in [4.69, 9.17) is 57.6 Å². The third-order valence-electron chi connectivity index (χ3n) is 21.4. The number of thioether (sulfide) groups is 3. The molecule has 12 aromatic rings. The fourth-order valence-corrected chi connectivity index (χ4v) is 16.3. The highest BCUT2D eigenvalue weighted by molar-refractivity contribution is 7.98. The quantitative estimate of drug-likeness (QED) is 0.0202. The average molecular weight is 2080 g/mol. The highest BCUT2D eigenvalue weighted by Gasteiger charge is 2.36. The first-order valence-corrected chi connectivity index (χ1v) is 45.6. The minimum atomic E-state index is -5.41. The number of alkyl halides is 9. The number of nitrogens with zero attached hydrogens (tertiary/aromatic N) is 12. The number of amides is 3. The Bertz CT molecular complexity index is 9090. The number of hydrogen-bond donors (Lipinski definition) is 0. The molecule has 3 aliphatic rings. The van der Waals surface area contributed by atoms with Gasteiger partial charge in [-0.05, 0) is 242 Å². The van der Waals surface area contributed by atoms with Gasteiger partial charge in [-0.25, -0.2) is 13.2 Å². The number of aromatic nitrogens is 6. The molecule has 756 valence electrons. The molecule has 3 amide bonds. The van der Waals surface area contributed by atoms with Crippen LogP contribution in [0.5, 0.6) is 0 Å². The number of carbonyl (C=O) groups excluding carboxylic acids is 3. The lowest BCUT2D eigenvalue weighted by molar-refractivity contribution is -0.138. The average Bonchev–Trinajstić information content (AvgIpc) is 1.51. The molecular formula is C110H118F12N12O6S3. The second-order valence-corrected chi connectivity index (χ2v) is 33.2. The van der Waals surface area contributed by atoms with E-state index in [1.807, 2.05) is 0 Å². The maximum atomic E-state index is 15.1. The second kappa shape index (κ2) is 50.1. The van der Waals surface area contributed by atoms with E-state index in [0.29, 0.717) is 49.1 Å². The Balaban J connectivity index is 0.000000232. The number of benzene rings is 9. The van der Waals surface area contributed by atoms with Gasteiger partial charge in [-0.1, -0.05) is 229 Å². The molecule has 0 N–H and O–H groups in total. The fourth-order valence-electron chi connectivity index (χ4n) is 14.2. The van der Waals surface area contributed by atoms with Crippen LogP contribution in [0.4, 0.5) is 52.7 Å². The van der Waals surface area contributed by atoms with Gasteiger partial charge in [0.15, 0.2) is 15.5 Å². The van der Waals surface area contributed by atoms with E-state index >= 15 is 4.79 Å². The lowest BCUT2D eigenvalue weighted by Gasteiger charge is -2.28. The van der Waals surface area contributed by atoms with E-state index in [-0.39, 0.29) is 106 Å². The van der Waals surface area contributed by atoms with Crippen LogP contribution in [0.25, 0.3) is 33.4 Å². The molecule has 1 unspecified atom stereocenters. The summed E-state index contributed by atoms with van der Waals surface area (Å²) in [4.78, 5) is 100. The lowest BCUT2D eigenvalue weighted by Crippen LogP contribution is -2.40. The molecule has 0 radical (unpaired) electrons. The molecule has 33 heteroatoms. The molecule has 143 heavy (non-hydrogen) atoms. The van der Waals surface area contributed by atoms with Crippen molar-refractivity contribution in [3.8, 4) is 33.4 Å². The van der Waals surface area contributed by atoms with Crippen molar-refractivity contribution in [2.75, 3.05) is 78.2 Å². The molecule has 3 heterocycles. The van der Waals surface area contributed by atoms with Crippen LogP contribution in [0.1, 0.15) is 217 Å². The van der Waals surface area contributed by atoms with Gasteiger partial charge in [-0.15, -0.1) is 0 Å². The van der Waals surface area contributed by atoms with Gasteiger partial charge < -0.3 is 43.1 Å². The Labute approximate surface area is 905 Å². The summed E-state index contributed by atoms with van der Waals surface area (Å²) in [5, 5.41) is -2.47. The van der Waals surface area contributed by atoms with E-state index in [9.17, 15) is 84.9 Å². The van der Waals surface area contributed by atoms with Gasteiger partial charge in [-0.2, -0.15) is 54.5 Å². The van der Waals surface area contributed by atoms with E-state index in [1.165, 1.54) is 24.3 Å². The Hall–Kier alpha value is -11.9. The van der Waals surface area contributed by atoms with Crippen LogP contribution in [0, 0.1) is 30.3 Å². The molecule has 15 rings (SSSR count). The first kappa shape index (κ1) is 60.8. The zero-order chi connectivity index (χ0) is 145. The number of carbonyl (C=O) groups is 3. The highest BCUT2D eigenvalue weighted by Crippen LogP contribution is 2.39. The number of hydrogen-bond acceptors (Lipinski definition) is 15. The maximum absolute atomic E-state index is 15.1. The molecule has 0 saturated heterocycles. The predicted molar refractivity (Wildman–Crippen MR) is 539 cm³/mol. The zero-order valence-corrected chi connectivity index (χ0v) is 79.4. The lowest BCUT2D eigenvalue weighted by atomic mass is 9.98. The van der Waals surface area contributed by atoms with Crippen LogP contribution in [0.3, 0.4) is 0 Å². The summed E-state index contributed by atoms with van der Waals surface area (Å²) in [6.45, 7) is -24.2. The number of fused-ring (bicyclic) bond motifs is 3. The minimum Gasteiger partial charge on any atom is -0.336 e. The van der Waals surface area contributed by atoms with Crippen molar-refractivity contribution in [1.82, 2.24) is 58.1 Å². The van der Waals surface area contributed by atoms with Gasteiger partial charge in [0, 0.05) is 141 Å². The van der Waals surface area contributed by atoms with E-state index in [1.54, 1.807) is 12.1 Å². The van der Waals surface area contributed by atoms with Crippen molar-refractivity contribution < 1.29 is 133 Å². The Kier molecular flexibility index (Phi) is 21.3. The monoisotopic (exact) mass is 2080 g/mol. The molecule has 9 aromatic carbocycles. The van der Waals surface area contributed by atoms with Gasteiger partial charge in [0.25, 0.3) is 16.7 Å². The van der Waals surface area contributed by atoms with Crippen LogP contribution in [0.15, 0.2) is 242 Å². The highest BCUT2D eigenvalue weighted by atomic mass is 32.2. The van der Waals surface area contributed by atoms with Crippen molar-refractivity contribution in [1.29, 1.82) is 0 Å². The van der Waals surface area contributed by atoms with Gasteiger partial charge in [0.05, 0.1) is 51.0 Å². The van der Waals surface area contributed by atoms with Crippen LogP contribution in [-0.2, 0) is 128 Å². The summed E-state index contributed by atoms with van der Waals surface area (Å²) < 4.78 is 579. The second-order valence-electron chi connectivity index (χ2n) is 30.9. The Morgan fingerprint density at radius 2 is 0.727 bits per heavy atom. The molecule has 1 atom stereocenters. The SMILES string of the molecule is [2H]c1c([2H])c(-c2c([2H])c([2H])c(C(F)(F)F)c(C)c2[2H])c([2H])c([2H])c1CN(CCN(C([2H])([2H])C)C([2H])([2H])C)C(=O)C([2H])([2H])n1c(SC([2H])([2H])c2ccc(F)cc2)nc(=O)c2c1CCC2.[2H]c1c([2H])c(-c2c([2H])c([2H])c(C(F)(F)F)c([2H])c2[2H])c([2H])c([2H])c1CN(CCN(C([2H])([2H])C)C([2H])([2H])C)C(=O)C([2H])([2H])n1c(SC([2H])([2H])c2ccc(F)cc2)nc(=O)c2c1C([2H])([2H])C([2H])(C)C2([2H])[2H].[2H]c1c([2H])c(C([2H])([2H])Sc2nc(=O)c3c(n2C([2H])([2H])C(=O)N(CCN(C([2H])([2H])C)C([2H])([2H])C)Cc2ccc(-c4ccc(C(F)(F)F)cc4)cc2)CCC3)c([2H])c([2H])c1F. The predicted octanol–water partition coefficient (Wildman–Crippen LogP) is 22.2. The summed E-state index contributed by atoms with van der Waals surface area (Å²) in [5.41, 5.74) is -24.7. The topological polar surface area (TPSA) is 175 Å². The molecule has 3 aromatic heterocycles. The molecule has 3 aliphatic carbocycles. The van der Waals surface area contributed by atoms with Crippen LogP contribution >= 0.6 is 35.3 Å². The van der Waals surface area contributed by atoms with Crippen molar-refractivity contribution in [2.24, 2.45) is 5.89 Å². The standard InChI is InChI=1S/2C37H40F4N4O2S.C36H38F4N4O2S/c1-4-43(5-2)18-19-44(22-26-6-10-28(11-7-26)29-12-14-30(15-13-29)37(39,40)41)34(46)23-45-33-21-25(3)20-32(33)35(47)42-36(45)48-24-27-8-16-31(38)17-9-27;1-4-43(5-2)19-20-44(22-26-9-13-28(14-10-26)29-15-18-32(25(3)21-29)37(39,40)41)34(46)23-45-33-8-6-7-31(33)35(47)42-36(45)48-24-27-11-16-30(38)17-12-27;1-3-42(4-2)20-21-43(22-25-8-12-27(13-9-25)28-14-16-29(17-15-28)36(38,39)40)33(45)23-44-32-7-5-6-31(32)34(46)41-35(44)47-24-26-10-18-30(37)19-11-26/h6-17,25H,4-5,18-24H2,1-3H3;9-18,21H,4-8,19-20,22-24H2,1-3H3;8-19H,3-7,20-24H2,1-2H3/i4D2,5D2,6D,7D,10D,11D,12D,13D,14D,15D,20D2,21D2,23D2,24D2,25D;4D2,5D2,9D,10D,13D,14D,15D,18D,21D,23D2,24D2;3D2,4D2,10D,11D,18D,19D,23D2,24D2. The first-order valence-electron chi connectivity index (χ1n) is 67.2. The van der Waals surface area contributed by atoms with E-state index in [2.05, 4.69) is 15.0 Å². The number of rotatable bonds is 39. The van der Waals surface area contributed by atoms with Gasteiger partial charge in [0.2, 0.25) is 17.7 Å². The number of halogens is 12. The van der Waals surface area contributed by atoms with Crippen molar-refractivity contribution >= 4 is 53.0 Å². The fraction of sp³-hybridized carbons (Fsp3) is 0.373. The molecule has 0 fully saturated rings. The van der Waals surface area contributed by atoms with Gasteiger partial charge in [-0.3, -0.25) is 28.8 Å². The van der Waals surface area contributed by atoms with Crippen molar-refractivity contribution in [3.63, 3.8) is 0 Å². The van der Waals surface area contributed by atoms with E-state index < -0.39 is 420 Å². The first-order chi connectivity index (χ1) is 86.8. The van der Waals surface area contributed by atoms with Crippen LogP contribution in [-0.4, -0.2) is 154 Å². The third-order valence-corrected chi connectivity index (χ3v) is 23.8. The van der Waals surface area contributed by atoms with E-state index in [0.717, 1.165) is 135 Å². The molecule has 0 saturated carbocycles. The number of likely N-dealkylation sites (N-methyl/N-ethyl adjacent to an activating group) is 3. The summed E-state index contributed by atoms with van der Waals surface area (Å²) in [6.07, 6.45) is -20.9. The summed E-state index contributed by atoms with van der Waals surface area (Å²) >= 11 is 0.137. The summed E-state index contributed by atoms with van der Waals surface area (Å²) in [6, 6.07) is -4.33. The Morgan fingerprint density at radius 3 is 1.12 bits per heavy atom. The minimum absolute atomic E-state index is 0.00225. The molecular weight excluding hydrogens is 1910 g/mol. The Morgan fingerprint density at radius 1 is 0.385 bits per heavy atom. The molecule has 0 aliphatic heterocycles. The smallest absolute Gasteiger partial charge is 0.336 e. The summed E-state index contributed by atoms with van der Waals surface area (Å²) in [7, 11) is 0. The van der Waals surface area contributed by atoms with Crippen LogP contribution in [0.2, 0.25) is 0 Å². The normalized spacial score (nSPS) is 20.6. The van der Waals surface area contributed by atoms with Gasteiger partial charge >= 0.3 is 18.5 Å². The third kappa shape index (κ3) is 29.5. The summed E-state index contributed by atoms with van der Waals surface area (Å²) in [5.74, 6) is -10.8.